The van der Waals surface area contributed by atoms with Gasteiger partial charge in [0.1, 0.15) is 6.54 Å². The van der Waals surface area contributed by atoms with Crippen LogP contribution in [0.2, 0.25) is 0 Å². The van der Waals surface area contributed by atoms with Crippen molar-refractivity contribution in [2.24, 2.45) is 5.73 Å². The van der Waals surface area contributed by atoms with E-state index in [1.54, 1.807) is 0 Å². The molecule has 0 bridgehead atoms. The average Bonchev–Trinajstić information content (AvgIpc) is 2.47. The van der Waals surface area contributed by atoms with Crippen molar-refractivity contribution >= 4 is 24.0 Å². The third-order valence-corrected chi connectivity index (χ3v) is 3.54. The third kappa shape index (κ3) is 5.45. The second-order valence-electron chi connectivity index (χ2n) is 4.96. The smallest absolute Gasteiger partial charge is 0.285 e. The van der Waals surface area contributed by atoms with E-state index in [0.717, 1.165) is 22.9 Å². The lowest BCUT2D eigenvalue weighted by Gasteiger charge is -2.26. The van der Waals surface area contributed by atoms with Gasteiger partial charge in [-0.15, -0.1) is 12.4 Å². The fraction of sp³-hybridized carbons (Fsp3) is 0.538. The lowest BCUT2D eigenvalue weighted by Crippen LogP contribution is -2.50. The normalized spacial score (nSPS) is 10.7. The van der Waals surface area contributed by atoms with Crippen LogP contribution in [0.4, 0.5) is 5.69 Å². The molecule has 1 heterocycles. The van der Waals surface area contributed by atoms with Gasteiger partial charge < -0.3 is 11.1 Å². The molecule has 9 heteroatoms. The Balaban J connectivity index is 0.00000441. The van der Waals surface area contributed by atoms with E-state index in [0.29, 0.717) is 19.4 Å². The summed E-state index contributed by atoms with van der Waals surface area (Å²) in [4.78, 5) is 33.4. The number of nitrogens with two attached hydrogens (primary N) is 1. The number of hydrogen-bond acceptors (Lipinski definition) is 5. The Hall–Kier alpha value is -1.93. The number of carbonyl (C=O) groups excluding carboxylic acids is 1. The molecule has 124 valence electrons. The lowest BCUT2D eigenvalue weighted by atomic mass is 9.94. The number of hydrogen-bond donors (Lipinski definition) is 2. The average molecular weight is 333 g/mol. The molecule has 0 aliphatic rings. The topological polar surface area (TPSA) is 120 Å². The standard InChI is InChI=1S/C13H20N4O4.ClH/c1-3-13(14,4-2)9-15-11(18)8-16-7-10(17(20)21)5-6-12(16)19;/h5-7H,3-4,8-9,14H2,1-2H3,(H,15,18);1H. The van der Waals surface area contributed by atoms with E-state index in [2.05, 4.69) is 5.32 Å². The highest BCUT2D eigenvalue weighted by molar-refractivity contribution is 5.85. The first kappa shape index (κ1) is 20.1. The van der Waals surface area contributed by atoms with Crippen molar-refractivity contribution in [2.75, 3.05) is 6.54 Å². The molecule has 22 heavy (non-hydrogen) atoms. The number of rotatable bonds is 7. The third-order valence-electron chi connectivity index (χ3n) is 3.54. The van der Waals surface area contributed by atoms with Crippen LogP contribution < -0.4 is 16.6 Å². The Labute approximate surface area is 134 Å². The Morgan fingerprint density at radius 2 is 2.00 bits per heavy atom. The second kappa shape index (κ2) is 8.50. The highest BCUT2D eigenvalue weighted by Crippen LogP contribution is 2.09. The van der Waals surface area contributed by atoms with Gasteiger partial charge in [0.2, 0.25) is 5.91 Å². The van der Waals surface area contributed by atoms with Gasteiger partial charge >= 0.3 is 0 Å². The van der Waals surface area contributed by atoms with Crippen LogP contribution in [-0.2, 0) is 11.3 Å². The number of aromatic nitrogens is 1. The Morgan fingerprint density at radius 1 is 1.41 bits per heavy atom. The Kier molecular flexibility index (Phi) is 7.75. The maximum atomic E-state index is 11.8. The number of nitrogens with zero attached hydrogens (tertiary/aromatic N) is 2. The highest BCUT2D eigenvalue weighted by Gasteiger charge is 2.21. The van der Waals surface area contributed by atoms with Gasteiger partial charge in [0, 0.05) is 24.2 Å². The molecule has 1 aromatic heterocycles. The fourth-order valence-corrected chi connectivity index (χ4v) is 1.74. The number of nitro groups is 1. The minimum absolute atomic E-state index is 0. The maximum absolute atomic E-state index is 11.8. The van der Waals surface area contributed by atoms with E-state index >= 15 is 0 Å². The van der Waals surface area contributed by atoms with Gasteiger partial charge in [0.15, 0.2) is 0 Å². The molecule has 8 nitrogen and oxygen atoms in total. The summed E-state index contributed by atoms with van der Waals surface area (Å²) in [5, 5.41) is 13.3. The molecule has 0 saturated carbocycles. The summed E-state index contributed by atoms with van der Waals surface area (Å²) in [7, 11) is 0. The van der Waals surface area contributed by atoms with E-state index in [1.165, 1.54) is 0 Å². The van der Waals surface area contributed by atoms with Crippen LogP contribution in [0.3, 0.4) is 0 Å². The first-order valence-corrected chi connectivity index (χ1v) is 6.72. The summed E-state index contributed by atoms with van der Waals surface area (Å²) in [6, 6.07) is 2.17. The zero-order valence-corrected chi connectivity index (χ0v) is 13.4. The van der Waals surface area contributed by atoms with Crippen molar-refractivity contribution in [3.8, 4) is 0 Å². The zero-order valence-electron chi connectivity index (χ0n) is 12.6. The van der Waals surface area contributed by atoms with Crippen molar-refractivity contribution < 1.29 is 9.72 Å². The van der Waals surface area contributed by atoms with E-state index in [1.807, 2.05) is 13.8 Å². The van der Waals surface area contributed by atoms with Crippen molar-refractivity contribution in [1.82, 2.24) is 9.88 Å². The molecule has 0 radical (unpaired) electrons. The maximum Gasteiger partial charge on any atom is 0.285 e. The monoisotopic (exact) mass is 332 g/mol. The molecule has 0 aromatic carbocycles. The largest absolute Gasteiger partial charge is 0.353 e. The number of halogens is 1. The number of pyridine rings is 1. The number of carbonyl (C=O) groups is 1. The SMILES string of the molecule is CCC(N)(CC)CNC(=O)Cn1cc([N+](=O)[O-])ccc1=O.Cl. The van der Waals surface area contributed by atoms with Gasteiger partial charge in [-0.05, 0) is 12.8 Å². The molecule has 0 unspecified atom stereocenters. The van der Waals surface area contributed by atoms with E-state index in [-0.39, 0.29) is 24.6 Å². The summed E-state index contributed by atoms with van der Waals surface area (Å²) in [5.41, 5.74) is 4.87. The molecular weight excluding hydrogens is 312 g/mol. The van der Waals surface area contributed by atoms with Crippen molar-refractivity contribution in [1.29, 1.82) is 0 Å². The van der Waals surface area contributed by atoms with Gasteiger partial charge in [-0.25, -0.2) is 0 Å². The van der Waals surface area contributed by atoms with E-state index < -0.39 is 21.9 Å². The van der Waals surface area contributed by atoms with Gasteiger partial charge in [-0.1, -0.05) is 13.8 Å². The molecule has 0 atom stereocenters. The summed E-state index contributed by atoms with van der Waals surface area (Å²) >= 11 is 0. The van der Waals surface area contributed by atoms with Crippen LogP contribution >= 0.6 is 12.4 Å². The van der Waals surface area contributed by atoms with Gasteiger partial charge in [0.05, 0.1) is 11.1 Å². The first-order chi connectivity index (χ1) is 9.81. The van der Waals surface area contributed by atoms with Gasteiger partial charge in [0.25, 0.3) is 11.2 Å². The first-order valence-electron chi connectivity index (χ1n) is 6.72. The Morgan fingerprint density at radius 3 is 2.50 bits per heavy atom. The summed E-state index contributed by atoms with van der Waals surface area (Å²) in [6.45, 7) is 3.88. The predicted octanol–water partition coefficient (Wildman–Crippen LogP) is 0.812. The summed E-state index contributed by atoms with van der Waals surface area (Å²) in [5.74, 6) is -0.408. The molecule has 3 N–H and O–H groups in total. The second-order valence-corrected chi connectivity index (χ2v) is 4.96. The molecule has 0 saturated heterocycles. The minimum atomic E-state index is -0.618. The van der Waals surface area contributed by atoms with E-state index in [4.69, 9.17) is 5.73 Å². The van der Waals surface area contributed by atoms with Crippen LogP contribution in [0.15, 0.2) is 23.1 Å². The van der Waals surface area contributed by atoms with Crippen LogP contribution in [0.1, 0.15) is 26.7 Å². The molecule has 1 rings (SSSR count). The molecule has 0 aliphatic heterocycles. The number of nitrogens with one attached hydrogen (secondary N) is 1. The summed E-state index contributed by atoms with van der Waals surface area (Å²) in [6.07, 6.45) is 2.47. The van der Waals surface area contributed by atoms with Crippen molar-refractivity contribution in [2.45, 2.75) is 38.8 Å². The predicted molar refractivity (Wildman–Crippen MR) is 85.1 cm³/mol. The lowest BCUT2D eigenvalue weighted by molar-refractivity contribution is -0.385. The van der Waals surface area contributed by atoms with Crippen LogP contribution in [0.5, 0.6) is 0 Å². The molecule has 0 aliphatic carbocycles. The summed E-state index contributed by atoms with van der Waals surface area (Å²) < 4.78 is 1.00. The minimum Gasteiger partial charge on any atom is -0.353 e. The molecule has 1 aromatic rings. The zero-order chi connectivity index (χ0) is 16.0. The number of amides is 1. The molecule has 0 spiro atoms. The van der Waals surface area contributed by atoms with Crippen molar-refractivity contribution in [3.63, 3.8) is 0 Å². The molecular formula is C13H21ClN4O4. The van der Waals surface area contributed by atoms with Gasteiger partial charge in [-0.3, -0.25) is 24.3 Å². The van der Waals surface area contributed by atoms with E-state index in [9.17, 15) is 19.7 Å². The van der Waals surface area contributed by atoms with Crippen LogP contribution in [0.25, 0.3) is 0 Å². The molecule has 1 amide bonds. The molecule has 0 fully saturated rings. The van der Waals surface area contributed by atoms with Gasteiger partial charge in [-0.2, -0.15) is 0 Å². The Bertz CT molecular complexity index is 584. The highest BCUT2D eigenvalue weighted by atomic mass is 35.5. The quantitative estimate of drug-likeness (QED) is 0.565. The fourth-order valence-electron chi connectivity index (χ4n) is 1.74. The van der Waals surface area contributed by atoms with Crippen molar-refractivity contribution in [3.05, 3.63) is 38.8 Å². The van der Waals surface area contributed by atoms with Crippen LogP contribution in [-0.4, -0.2) is 27.5 Å². The van der Waals surface area contributed by atoms with Crippen LogP contribution in [0, 0.1) is 10.1 Å².